The van der Waals surface area contributed by atoms with Gasteiger partial charge in [-0.3, -0.25) is 0 Å². The molecule has 0 amide bonds. The Morgan fingerprint density at radius 2 is 2.25 bits per heavy atom. The molecular formula is C9H8O3. The zero-order valence-corrected chi connectivity index (χ0v) is 6.41. The summed E-state index contributed by atoms with van der Waals surface area (Å²) in [5.74, 6) is -0.877. The normalized spacial score (nSPS) is 14.3. The van der Waals surface area contributed by atoms with Gasteiger partial charge in [0.15, 0.2) is 0 Å². The van der Waals surface area contributed by atoms with E-state index in [9.17, 15) is 4.79 Å². The standard InChI is InChI=1S/C9H8O3/c10-9(11)7-3-1-2-6-4-12-5-8(6)7/h1-3H,4-5H2,(H,10,11). The molecular weight excluding hydrogens is 156 g/mol. The van der Waals surface area contributed by atoms with Crippen molar-refractivity contribution in [2.45, 2.75) is 13.2 Å². The molecule has 0 fully saturated rings. The number of hydrogen-bond acceptors (Lipinski definition) is 2. The number of hydrogen-bond donors (Lipinski definition) is 1. The lowest BCUT2D eigenvalue weighted by molar-refractivity contribution is 0.0692. The van der Waals surface area contributed by atoms with Crippen molar-refractivity contribution in [3.63, 3.8) is 0 Å². The van der Waals surface area contributed by atoms with Crippen LogP contribution in [-0.2, 0) is 18.0 Å². The van der Waals surface area contributed by atoms with Gasteiger partial charge in [-0.25, -0.2) is 4.79 Å². The minimum Gasteiger partial charge on any atom is -0.478 e. The highest BCUT2D eigenvalue weighted by atomic mass is 16.5. The van der Waals surface area contributed by atoms with Gasteiger partial charge in [0, 0.05) is 0 Å². The first kappa shape index (κ1) is 7.31. The number of rotatable bonds is 1. The SMILES string of the molecule is O=C(O)c1cccc2c1COC2. The molecule has 0 aliphatic carbocycles. The summed E-state index contributed by atoms with van der Waals surface area (Å²) in [5, 5.41) is 8.79. The highest BCUT2D eigenvalue weighted by molar-refractivity contribution is 5.89. The Morgan fingerprint density at radius 3 is 3.00 bits per heavy atom. The molecule has 0 saturated carbocycles. The first-order valence-corrected chi connectivity index (χ1v) is 3.71. The molecule has 12 heavy (non-hydrogen) atoms. The fourth-order valence-corrected chi connectivity index (χ4v) is 1.40. The minimum atomic E-state index is -0.877. The van der Waals surface area contributed by atoms with Crippen LogP contribution < -0.4 is 0 Å². The lowest BCUT2D eigenvalue weighted by atomic mass is 10.0. The number of carboxylic acid groups (broad SMARTS) is 1. The van der Waals surface area contributed by atoms with E-state index < -0.39 is 5.97 Å². The maximum absolute atomic E-state index is 10.7. The molecule has 0 aromatic heterocycles. The number of carbonyl (C=O) groups is 1. The van der Waals surface area contributed by atoms with Crippen molar-refractivity contribution in [3.05, 3.63) is 34.9 Å². The first-order valence-electron chi connectivity index (χ1n) is 3.71. The third-order valence-electron chi connectivity index (χ3n) is 2.01. The molecule has 1 aliphatic rings. The maximum atomic E-state index is 10.7. The van der Waals surface area contributed by atoms with Crippen LogP contribution in [0.3, 0.4) is 0 Å². The molecule has 1 aliphatic heterocycles. The summed E-state index contributed by atoms with van der Waals surface area (Å²) in [5.41, 5.74) is 2.19. The second kappa shape index (κ2) is 2.60. The molecule has 0 saturated heterocycles. The van der Waals surface area contributed by atoms with Gasteiger partial charge < -0.3 is 9.84 Å². The van der Waals surface area contributed by atoms with Crippen LogP contribution in [0.25, 0.3) is 0 Å². The third-order valence-corrected chi connectivity index (χ3v) is 2.01. The monoisotopic (exact) mass is 164 g/mol. The van der Waals surface area contributed by atoms with Crippen LogP contribution >= 0.6 is 0 Å². The molecule has 1 heterocycles. The number of fused-ring (bicyclic) bond motifs is 1. The summed E-state index contributed by atoms with van der Waals surface area (Å²) in [6.45, 7) is 0.967. The summed E-state index contributed by atoms with van der Waals surface area (Å²) in [6.07, 6.45) is 0. The predicted molar refractivity (Wildman–Crippen MR) is 41.9 cm³/mol. The first-order chi connectivity index (χ1) is 5.79. The van der Waals surface area contributed by atoms with Gasteiger partial charge in [-0.05, 0) is 17.2 Å². The van der Waals surface area contributed by atoms with Crippen LogP contribution in [0.2, 0.25) is 0 Å². The Kier molecular flexibility index (Phi) is 1.59. The molecule has 1 aromatic rings. The van der Waals surface area contributed by atoms with Gasteiger partial charge in [0.25, 0.3) is 0 Å². The molecule has 2 rings (SSSR count). The van der Waals surface area contributed by atoms with Crippen LogP contribution in [0.15, 0.2) is 18.2 Å². The van der Waals surface area contributed by atoms with Gasteiger partial charge >= 0.3 is 5.97 Å². The van der Waals surface area contributed by atoms with Crippen LogP contribution in [0.4, 0.5) is 0 Å². The number of aromatic carboxylic acids is 1. The molecule has 0 radical (unpaired) electrons. The molecule has 3 nitrogen and oxygen atoms in total. The van der Waals surface area contributed by atoms with E-state index in [-0.39, 0.29) is 0 Å². The summed E-state index contributed by atoms with van der Waals surface area (Å²) in [6, 6.07) is 5.25. The van der Waals surface area contributed by atoms with Crippen molar-refractivity contribution in [3.8, 4) is 0 Å². The van der Waals surface area contributed by atoms with Crippen LogP contribution in [0.5, 0.6) is 0 Å². The molecule has 0 unspecified atom stereocenters. The highest BCUT2D eigenvalue weighted by Gasteiger charge is 2.17. The predicted octanol–water partition coefficient (Wildman–Crippen LogP) is 1.42. The molecule has 1 N–H and O–H groups in total. The fourth-order valence-electron chi connectivity index (χ4n) is 1.40. The molecule has 0 bridgehead atoms. The maximum Gasteiger partial charge on any atom is 0.336 e. The largest absolute Gasteiger partial charge is 0.478 e. The Balaban J connectivity index is 2.56. The molecule has 0 spiro atoms. The van der Waals surface area contributed by atoms with E-state index in [4.69, 9.17) is 9.84 Å². The Labute approximate surface area is 69.6 Å². The molecule has 0 atom stereocenters. The highest BCUT2D eigenvalue weighted by Crippen LogP contribution is 2.22. The summed E-state index contributed by atoms with van der Waals surface area (Å²) < 4.78 is 5.14. The number of carboxylic acids is 1. The van der Waals surface area contributed by atoms with Crippen molar-refractivity contribution in [2.24, 2.45) is 0 Å². The summed E-state index contributed by atoms with van der Waals surface area (Å²) >= 11 is 0. The average Bonchev–Trinajstić information content (AvgIpc) is 2.49. The van der Waals surface area contributed by atoms with Crippen LogP contribution in [0, 0.1) is 0 Å². The van der Waals surface area contributed by atoms with Crippen molar-refractivity contribution in [2.75, 3.05) is 0 Å². The number of benzene rings is 1. The fraction of sp³-hybridized carbons (Fsp3) is 0.222. The molecule has 1 aromatic carbocycles. The van der Waals surface area contributed by atoms with E-state index in [0.717, 1.165) is 11.1 Å². The third kappa shape index (κ3) is 0.987. The van der Waals surface area contributed by atoms with E-state index in [2.05, 4.69) is 0 Å². The lowest BCUT2D eigenvalue weighted by Crippen LogP contribution is -2.01. The van der Waals surface area contributed by atoms with Crippen molar-refractivity contribution in [1.82, 2.24) is 0 Å². The smallest absolute Gasteiger partial charge is 0.336 e. The van der Waals surface area contributed by atoms with Gasteiger partial charge in [-0.1, -0.05) is 12.1 Å². The van der Waals surface area contributed by atoms with E-state index in [1.54, 1.807) is 12.1 Å². The van der Waals surface area contributed by atoms with Crippen molar-refractivity contribution >= 4 is 5.97 Å². The van der Waals surface area contributed by atoms with Gasteiger partial charge in [-0.15, -0.1) is 0 Å². The lowest BCUT2D eigenvalue weighted by Gasteiger charge is -2.00. The van der Waals surface area contributed by atoms with E-state index >= 15 is 0 Å². The van der Waals surface area contributed by atoms with Gasteiger partial charge in [0.05, 0.1) is 18.8 Å². The molecule has 62 valence electrons. The van der Waals surface area contributed by atoms with E-state index in [1.807, 2.05) is 6.07 Å². The Bertz CT molecular complexity index is 331. The van der Waals surface area contributed by atoms with Crippen LogP contribution in [-0.4, -0.2) is 11.1 Å². The summed E-state index contributed by atoms with van der Waals surface area (Å²) in [4.78, 5) is 10.7. The zero-order valence-electron chi connectivity index (χ0n) is 6.41. The van der Waals surface area contributed by atoms with E-state index in [1.165, 1.54) is 0 Å². The Morgan fingerprint density at radius 1 is 1.42 bits per heavy atom. The van der Waals surface area contributed by atoms with Gasteiger partial charge in [0.2, 0.25) is 0 Å². The second-order valence-electron chi connectivity index (χ2n) is 2.74. The van der Waals surface area contributed by atoms with E-state index in [0.29, 0.717) is 18.8 Å². The minimum absolute atomic E-state index is 0.366. The van der Waals surface area contributed by atoms with Crippen LogP contribution in [0.1, 0.15) is 21.5 Å². The average molecular weight is 164 g/mol. The molecule has 3 heteroatoms. The second-order valence-corrected chi connectivity index (χ2v) is 2.74. The zero-order chi connectivity index (χ0) is 8.55. The number of ether oxygens (including phenoxy) is 1. The van der Waals surface area contributed by atoms with Gasteiger partial charge in [-0.2, -0.15) is 0 Å². The van der Waals surface area contributed by atoms with Crippen molar-refractivity contribution in [1.29, 1.82) is 0 Å². The Hall–Kier alpha value is -1.35. The van der Waals surface area contributed by atoms with Gasteiger partial charge in [0.1, 0.15) is 0 Å². The quantitative estimate of drug-likeness (QED) is 0.682. The summed E-state index contributed by atoms with van der Waals surface area (Å²) in [7, 11) is 0. The topological polar surface area (TPSA) is 46.5 Å². The van der Waals surface area contributed by atoms with Crippen molar-refractivity contribution < 1.29 is 14.6 Å².